The third-order valence-electron chi connectivity index (χ3n) is 7.64. The van der Waals surface area contributed by atoms with Gasteiger partial charge >= 0.3 is 0 Å². The van der Waals surface area contributed by atoms with Crippen LogP contribution in [0, 0.1) is 6.92 Å². The highest BCUT2D eigenvalue weighted by atomic mass is 16.5. The zero-order valence-electron chi connectivity index (χ0n) is 23.7. The summed E-state index contributed by atoms with van der Waals surface area (Å²) in [7, 11) is 0. The molecule has 1 unspecified atom stereocenters. The predicted octanol–water partition coefficient (Wildman–Crippen LogP) is 6.34. The lowest BCUT2D eigenvalue weighted by atomic mass is 9.96. The molecule has 2 amide bonds. The highest BCUT2D eigenvalue weighted by Gasteiger charge is 2.30. The summed E-state index contributed by atoms with van der Waals surface area (Å²) in [6.45, 7) is 6.57. The van der Waals surface area contributed by atoms with Crippen LogP contribution in [0.5, 0.6) is 5.75 Å². The average molecular weight is 548 g/mol. The normalized spacial score (nSPS) is 14.5. The molecule has 1 saturated heterocycles. The van der Waals surface area contributed by atoms with Crippen molar-refractivity contribution in [3.8, 4) is 5.75 Å². The molecule has 1 N–H and O–H groups in total. The fourth-order valence-electron chi connectivity index (χ4n) is 5.39. The Labute approximate surface area is 242 Å². The molecule has 6 heteroatoms. The molecule has 1 atom stereocenters. The van der Waals surface area contributed by atoms with Crippen LogP contribution in [0.4, 0.5) is 5.69 Å². The van der Waals surface area contributed by atoms with Crippen LogP contribution in [0.25, 0.3) is 0 Å². The van der Waals surface area contributed by atoms with E-state index in [1.165, 1.54) is 11.1 Å². The number of carbonyl (C=O) groups is 2. The number of rotatable bonds is 9. The number of carbonyl (C=O) groups excluding carboxylic acids is 2. The van der Waals surface area contributed by atoms with Crippen molar-refractivity contribution in [3.63, 3.8) is 0 Å². The molecule has 1 aliphatic heterocycles. The minimum Gasteiger partial charge on any atom is -0.480 e. The van der Waals surface area contributed by atoms with Crippen molar-refractivity contribution < 1.29 is 14.3 Å². The molecule has 6 nitrogen and oxygen atoms in total. The number of hydrogen-bond acceptors (Lipinski definition) is 4. The number of para-hydroxylation sites is 2. The van der Waals surface area contributed by atoms with Crippen LogP contribution >= 0.6 is 0 Å². The molecule has 0 bridgehead atoms. The molecular weight excluding hydrogens is 510 g/mol. The fourth-order valence-corrected chi connectivity index (χ4v) is 5.39. The number of nitrogens with zero attached hydrogens (tertiary/aromatic N) is 2. The number of anilines is 1. The Morgan fingerprint density at radius 2 is 1.32 bits per heavy atom. The number of aryl methyl sites for hydroxylation is 1. The van der Waals surface area contributed by atoms with Gasteiger partial charge in [0.25, 0.3) is 11.8 Å². The number of benzene rings is 4. The van der Waals surface area contributed by atoms with Gasteiger partial charge in [0.1, 0.15) is 5.75 Å². The van der Waals surface area contributed by atoms with Gasteiger partial charge in [0, 0.05) is 26.2 Å². The highest BCUT2D eigenvalue weighted by molar-refractivity contribution is 6.04. The van der Waals surface area contributed by atoms with Gasteiger partial charge in [0.05, 0.1) is 17.3 Å². The first kappa shape index (κ1) is 28.1. The molecular formula is C35H37N3O3. The SMILES string of the molecule is CCC(Oc1ccccc1C)C(=O)Nc1ccccc1C(=O)N1CCN(C(c2ccccc2)c2ccccc2)CC1. The Bertz CT molecular complexity index is 1410. The second kappa shape index (κ2) is 13.3. The zero-order chi connectivity index (χ0) is 28.6. The summed E-state index contributed by atoms with van der Waals surface area (Å²) in [4.78, 5) is 31.3. The van der Waals surface area contributed by atoms with Crippen molar-refractivity contribution >= 4 is 17.5 Å². The monoisotopic (exact) mass is 547 g/mol. The molecule has 0 radical (unpaired) electrons. The molecule has 4 aromatic carbocycles. The van der Waals surface area contributed by atoms with E-state index in [1.807, 2.05) is 67.3 Å². The van der Waals surface area contributed by atoms with E-state index in [0.717, 1.165) is 18.7 Å². The molecule has 0 saturated carbocycles. The largest absolute Gasteiger partial charge is 0.480 e. The number of piperazine rings is 1. The summed E-state index contributed by atoms with van der Waals surface area (Å²) in [5.41, 5.74) is 4.44. The van der Waals surface area contributed by atoms with Gasteiger partial charge in [0.15, 0.2) is 6.10 Å². The molecule has 4 aromatic rings. The first-order valence-electron chi connectivity index (χ1n) is 14.3. The Hall–Kier alpha value is -4.42. The van der Waals surface area contributed by atoms with Gasteiger partial charge in [0.2, 0.25) is 0 Å². The second-order valence-corrected chi connectivity index (χ2v) is 10.4. The first-order chi connectivity index (χ1) is 20.0. The van der Waals surface area contributed by atoms with Crippen LogP contribution in [0.15, 0.2) is 109 Å². The maximum atomic E-state index is 13.7. The number of ether oxygens (including phenoxy) is 1. The van der Waals surface area contributed by atoms with E-state index in [4.69, 9.17) is 4.74 Å². The zero-order valence-corrected chi connectivity index (χ0v) is 23.7. The van der Waals surface area contributed by atoms with Crippen LogP contribution in [0.2, 0.25) is 0 Å². The molecule has 1 heterocycles. The summed E-state index contributed by atoms with van der Waals surface area (Å²) >= 11 is 0. The Kier molecular flexibility index (Phi) is 9.12. The van der Waals surface area contributed by atoms with Crippen molar-refractivity contribution in [2.45, 2.75) is 32.4 Å². The molecule has 41 heavy (non-hydrogen) atoms. The van der Waals surface area contributed by atoms with Crippen LogP contribution < -0.4 is 10.1 Å². The van der Waals surface area contributed by atoms with Crippen molar-refractivity contribution in [3.05, 3.63) is 131 Å². The molecule has 1 fully saturated rings. The van der Waals surface area contributed by atoms with Crippen molar-refractivity contribution in [1.29, 1.82) is 0 Å². The van der Waals surface area contributed by atoms with Gasteiger partial charge in [-0.2, -0.15) is 0 Å². The average Bonchev–Trinajstić information content (AvgIpc) is 3.02. The topological polar surface area (TPSA) is 61.9 Å². The Balaban J connectivity index is 1.27. The van der Waals surface area contributed by atoms with Gasteiger partial charge in [-0.25, -0.2) is 0 Å². The molecule has 5 rings (SSSR count). The van der Waals surface area contributed by atoms with Gasteiger partial charge in [-0.05, 0) is 48.2 Å². The lowest BCUT2D eigenvalue weighted by molar-refractivity contribution is -0.122. The Morgan fingerprint density at radius 1 is 0.756 bits per heavy atom. The van der Waals surface area contributed by atoms with Gasteiger partial charge in [-0.3, -0.25) is 14.5 Å². The van der Waals surface area contributed by atoms with E-state index in [2.05, 4.69) is 58.7 Å². The summed E-state index contributed by atoms with van der Waals surface area (Å²) in [6, 6.07) is 36.0. The summed E-state index contributed by atoms with van der Waals surface area (Å²) < 4.78 is 6.04. The summed E-state index contributed by atoms with van der Waals surface area (Å²) in [6.07, 6.45) is -0.168. The van der Waals surface area contributed by atoms with Gasteiger partial charge in [-0.1, -0.05) is 97.9 Å². The minimum atomic E-state index is -0.671. The molecule has 0 aromatic heterocycles. The lowest BCUT2D eigenvalue weighted by Crippen LogP contribution is -2.50. The summed E-state index contributed by atoms with van der Waals surface area (Å²) in [5, 5.41) is 2.97. The minimum absolute atomic E-state index is 0.0793. The van der Waals surface area contributed by atoms with Crippen LogP contribution in [0.1, 0.15) is 46.4 Å². The van der Waals surface area contributed by atoms with Gasteiger partial charge in [-0.15, -0.1) is 0 Å². The maximum Gasteiger partial charge on any atom is 0.265 e. The number of hydrogen-bond donors (Lipinski definition) is 1. The molecule has 0 aliphatic carbocycles. The smallest absolute Gasteiger partial charge is 0.265 e. The van der Waals surface area contributed by atoms with E-state index in [0.29, 0.717) is 36.5 Å². The number of nitrogens with one attached hydrogen (secondary N) is 1. The highest BCUT2D eigenvalue weighted by Crippen LogP contribution is 2.30. The first-order valence-corrected chi connectivity index (χ1v) is 14.3. The lowest BCUT2D eigenvalue weighted by Gasteiger charge is -2.40. The second-order valence-electron chi connectivity index (χ2n) is 10.4. The van der Waals surface area contributed by atoms with Crippen LogP contribution in [-0.2, 0) is 4.79 Å². The number of amides is 2. The van der Waals surface area contributed by atoms with E-state index in [1.54, 1.807) is 12.1 Å². The molecule has 1 aliphatic rings. The van der Waals surface area contributed by atoms with E-state index in [-0.39, 0.29) is 17.9 Å². The quantitative estimate of drug-likeness (QED) is 0.266. The van der Waals surface area contributed by atoms with Crippen LogP contribution in [0.3, 0.4) is 0 Å². The van der Waals surface area contributed by atoms with Gasteiger partial charge < -0.3 is 15.0 Å². The van der Waals surface area contributed by atoms with E-state index >= 15 is 0 Å². The van der Waals surface area contributed by atoms with Crippen molar-refractivity contribution in [2.75, 3.05) is 31.5 Å². The fraction of sp³-hybridized carbons (Fsp3) is 0.257. The molecule has 210 valence electrons. The van der Waals surface area contributed by atoms with Crippen molar-refractivity contribution in [2.24, 2.45) is 0 Å². The Morgan fingerprint density at radius 3 is 1.93 bits per heavy atom. The van der Waals surface area contributed by atoms with Crippen molar-refractivity contribution in [1.82, 2.24) is 9.80 Å². The maximum absolute atomic E-state index is 13.7. The molecule has 0 spiro atoms. The van der Waals surface area contributed by atoms with E-state index < -0.39 is 6.10 Å². The van der Waals surface area contributed by atoms with E-state index in [9.17, 15) is 9.59 Å². The predicted molar refractivity (Wildman–Crippen MR) is 163 cm³/mol. The summed E-state index contributed by atoms with van der Waals surface area (Å²) in [5.74, 6) is 0.333. The third kappa shape index (κ3) is 6.67. The third-order valence-corrected chi connectivity index (χ3v) is 7.64. The van der Waals surface area contributed by atoms with Crippen LogP contribution in [-0.4, -0.2) is 53.9 Å². The standard InChI is InChI=1S/C35H37N3O3/c1-3-31(41-32-21-13-10-14-26(32)2)34(39)36-30-20-12-11-19-29(30)35(40)38-24-22-37(23-25-38)33(27-15-6-4-7-16-27)28-17-8-5-9-18-28/h4-21,31,33H,3,22-25H2,1-2H3,(H,36,39).